The van der Waals surface area contributed by atoms with Crippen LogP contribution >= 0.6 is 0 Å². The Hall–Kier alpha value is -8.49. The van der Waals surface area contributed by atoms with Crippen molar-refractivity contribution in [2.45, 2.75) is 28.9 Å². The lowest BCUT2D eigenvalue weighted by Gasteiger charge is -2.71. The van der Waals surface area contributed by atoms with E-state index in [0.29, 0.717) is 0 Å². The number of piperazine rings is 3. The molecule has 0 radical (unpaired) electrons. The number of nitrogens with zero attached hydrogens (tertiary/aromatic N) is 2. The number of aryl methyl sites for hydroxylation is 1. The van der Waals surface area contributed by atoms with Crippen LogP contribution in [0.3, 0.4) is 0 Å². The lowest BCUT2D eigenvalue weighted by Crippen LogP contribution is -2.81. The van der Waals surface area contributed by atoms with Crippen LogP contribution in [0, 0.1) is 6.92 Å². The molecule has 6 heteroatoms. The predicted octanol–water partition coefficient (Wildman–Crippen LogP) is 16.9. The van der Waals surface area contributed by atoms with Gasteiger partial charge < -0.3 is 0 Å². The molecule has 3 atom stereocenters. The zero-order valence-corrected chi connectivity index (χ0v) is 41.1. The Morgan fingerprint density at radius 1 is 0.346 bits per heavy atom. The van der Waals surface area contributed by atoms with Gasteiger partial charge in [-0.15, -0.1) is 0 Å². The normalized spacial score (nSPS) is 25.3. The summed E-state index contributed by atoms with van der Waals surface area (Å²) in [6.07, 6.45) is 0. The van der Waals surface area contributed by atoms with Gasteiger partial charge in [0.2, 0.25) is 0 Å². The van der Waals surface area contributed by atoms with E-state index in [1.54, 1.807) is 325 Å². The van der Waals surface area contributed by atoms with Crippen molar-refractivity contribution in [2.24, 2.45) is 0 Å². The first-order valence-corrected chi connectivity index (χ1v) is 30.2. The minimum atomic E-state index is -4.04. The molecule has 3 aliphatic heterocycles. The average Bonchev–Trinajstić information content (AvgIpc) is 2.51. The highest BCUT2D eigenvalue weighted by Crippen LogP contribution is 2.86. The molecule has 29 aromatic carbocycles. The molecule has 2 unspecified atom stereocenters. The van der Waals surface area contributed by atoms with Gasteiger partial charge in [-0.1, -0.05) is 17.7 Å². The van der Waals surface area contributed by atoms with Gasteiger partial charge in [0.25, 0.3) is 10.1 Å². The molecule has 29 aromatic rings. The fraction of sp³-hybridized carbons (Fsp3) is 0.111. The van der Waals surface area contributed by atoms with E-state index in [1.165, 1.54) is 0 Å². The minimum absolute atomic E-state index is 0.121. The summed E-state index contributed by atoms with van der Waals surface area (Å²) in [5.41, 5.74) is 6.35. The third-order valence-corrected chi connectivity index (χ3v) is 28.6. The summed E-state index contributed by atoms with van der Waals surface area (Å²) in [4.78, 5) is 6.24. The highest BCUT2D eigenvalue weighted by molar-refractivity contribution is 7.86. The molecule has 2 spiro atoms. The van der Waals surface area contributed by atoms with Crippen LogP contribution in [-0.2, 0) is 25.4 Å². The molecule has 78 heavy (non-hydrogen) atoms. The molecule has 3 saturated heterocycles. The molecule has 3 heterocycles. The van der Waals surface area contributed by atoms with Crippen molar-refractivity contribution in [3.63, 3.8) is 0 Å². The monoisotopic (exact) mass is 988 g/mol. The Balaban J connectivity index is 0.991. The lowest BCUT2D eigenvalue weighted by molar-refractivity contribution is -0.165. The topological polar surface area (TPSA) is 49.9 Å². The van der Waals surface area contributed by atoms with Crippen LogP contribution < -0.4 is 0 Å². The van der Waals surface area contributed by atoms with E-state index in [1.807, 2.05) is 19.1 Å². The highest BCUT2D eigenvalue weighted by atomic mass is 32.2. The Bertz CT molecular complexity index is 7690. The number of hydrogen-bond acceptors (Lipinski definition) is 5. The van der Waals surface area contributed by atoms with E-state index in [-0.39, 0.29) is 17.5 Å². The molecule has 4 aliphatic carbocycles. The molecular formula is C72H16N2O3S. The molecule has 0 N–H and O–H groups in total. The largest absolute Gasteiger partial charge is 0.297 e. The second kappa shape index (κ2) is 7.25. The van der Waals surface area contributed by atoms with Gasteiger partial charge in [0, 0.05) is 25.7 Å². The maximum Gasteiger partial charge on any atom is 0.297 e. The molecule has 338 valence electrons. The second-order valence-electron chi connectivity index (χ2n) is 28.0. The van der Waals surface area contributed by atoms with Gasteiger partial charge in [-0.2, -0.15) is 8.42 Å². The van der Waals surface area contributed by atoms with Crippen molar-refractivity contribution in [1.29, 1.82) is 0 Å². The van der Waals surface area contributed by atoms with Crippen LogP contribution in [-0.4, -0.2) is 50.5 Å². The molecule has 7 aliphatic rings. The summed E-state index contributed by atoms with van der Waals surface area (Å²) in [5, 5.41) is 86.2. The van der Waals surface area contributed by atoms with Crippen molar-refractivity contribution in [1.82, 2.24) is 9.80 Å². The van der Waals surface area contributed by atoms with E-state index >= 15 is 0 Å². The number of benzene rings is 19. The Morgan fingerprint density at radius 2 is 0.577 bits per heavy atom. The van der Waals surface area contributed by atoms with Crippen LogP contribution in [0.5, 0.6) is 0 Å². The molecular weight excluding hydrogens is 973 g/mol. The Labute approximate surface area is 428 Å². The molecule has 0 saturated carbocycles. The first kappa shape index (κ1) is 31.0. The molecule has 5 nitrogen and oxygen atoms in total. The molecule has 36 rings (SSSR count). The number of fused-ring (bicyclic) bond motifs is 2. The van der Waals surface area contributed by atoms with E-state index in [0.717, 1.165) is 25.2 Å². The first-order valence-electron chi connectivity index (χ1n) is 28.8. The molecule has 0 aromatic heterocycles. The Morgan fingerprint density at radius 3 is 0.833 bits per heavy atom. The summed E-state index contributed by atoms with van der Waals surface area (Å²) in [5.74, 6) is 0. The number of rotatable bonds is 4. The van der Waals surface area contributed by atoms with Crippen molar-refractivity contribution in [3.8, 4) is 0 Å². The van der Waals surface area contributed by atoms with Crippen molar-refractivity contribution < 1.29 is 12.6 Å². The van der Waals surface area contributed by atoms with Crippen LogP contribution in [0.4, 0.5) is 0 Å². The van der Waals surface area contributed by atoms with Gasteiger partial charge in [0.1, 0.15) is 11.1 Å². The minimum Gasteiger partial charge on any atom is -0.285 e. The fourth-order valence-corrected chi connectivity index (χ4v) is 27.8. The SMILES string of the molecule is Cc1ccc(S(=O)(=O)OC[C@@H]2CN3CCN2C24c5c6c7c8c9c%10c(c%11c%12c2c2c5c5c%13c6c6c7c7c9c9c%14c%10c%10c%11c%11c%12c%12c2c2c5c5c%13c%13c6c6c7c9c7c9c%14c%10c%10c%11c%11c%12c2c2c5c5c%13c6c7c6c9c%10c%11c2c56)C834)cc1. The van der Waals surface area contributed by atoms with Crippen molar-refractivity contribution >= 4 is 301 Å². The van der Waals surface area contributed by atoms with Crippen LogP contribution in [0.2, 0.25) is 0 Å². The molecule has 3 fully saturated rings. The summed E-state index contributed by atoms with van der Waals surface area (Å²) in [6.45, 7) is 4.68. The zero-order chi connectivity index (χ0) is 47.2. The zero-order valence-electron chi connectivity index (χ0n) is 40.2. The summed E-state index contributed by atoms with van der Waals surface area (Å²) >= 11 is 0. The Kier molecular flexibility index (Phi) is 2.89. The molecule has 2 bridgehead atoms. The third kappa shape index (κ3) is 1.76. The quantitative estimate of drug-likeness (QED) is 0.130. The number of hydrogen-bond donors (Lipinski definition) is 0. The van der Waals surface area contributed by atoms with Gasteiger partial charge in [-0.05, 0) is 332 Å². The summed E-state index contributed by atoms with van der Waals surface area (Å²) in [6, 6.07) is 7.11. The van der Waals surface area contributed by atoms with Gasteiger partial charge in [0.05, 0.1) is 11.5 Å². The van der Waals surface area contributed by atoms with Crippen LogP contribution in [0.15, 0.2) is 29.2 Å². The van der Waals surface area contributed by atoms with Crippen LogP contribution in [0.1, 0.15) is 27.8 Å². The van der Waals surface area contributed by atoms with E-state index in [9.17, 15) is 8.42 Å². The maximum absolute atomic E-state index is 14.6. The average molecular weight is 989 g/mol. The third-order valence-electron chi connectivity index (χ3n) is 27.3. The van der Waals surface area contributed by atoms with Crippen molar-refractivity contribution in [2.75, 3.05) is 26.2 Å². The second-order valence-corrected chi connectivity index (χ2v) is 29.6. The maximum atomic E-state index is 14.6. The summed E-state index contributed by atoms with van der Waals surface area (Å²) < 4.78 is 35.7. The van der Waals surface area contributed by atoms with Crippen LogP contribution in [0.25, 0.3) is 291 Å². The van der Waals surface area contributed by atoms with Gasteiger partial charge in [0.15, 0.2) is 0 Å². The highest BCUT2D eigenvalue weighted by Gasteiger charge is 2.77. The molecule has 0 amide bonds. The first-order chi connectivity index (χ1) is 38.5. The van der Waals surface area contributed by atoms with Gasteiger partial charge in [-0.3, -0.25) is 14.0 Å². The van der Waals surface area contributed by atoms with Crippen molar-refractivity contribution in [3.05, 3.63) is 52.1 Å². The summed E-state index contributed by atoms with van der Waals surface area (Å²) in [7, 11) is -4.04. The van der Waals surface area contributed by atoms with E-state index in [4.69, 9.17) is 4.18 Å². The lowest BCUT2D eigenvalue weighted by atomic mass is 9.53. The van der Waals surface area contributed by atoms with E-state index in [2.05, 4.69) is 9.80 Å². The smallest absolute Gasteiger partial charge is 0.285 e. The van der Waals surface area contributed by atoms with Gasteiger partial charge in [-0.25, -0.2) is 0 Å². The van der Waals surface area contributed by atoms with Gasteiger partial charge >= 0.3 is 0 Å². The van der Waals surface area contributed by atoms with E-state index < -0.39 is 21.2 Å². The fourth-order valence-electron chi connectivity index (χ4n) is 26.9. The predicted molar refractivity (Wildman–Crippen MR) is 320 cm³/mol. The standard InChI is InChI=1S/C72H16N2O3S/c1-10-2-4-12(5-3-10)78(75,76)77-9-11-8-73-6-7-74(11)72-69-63-57-47-39-29-21-17-14-13-15-19(21)27-35(29)49(57)55-45-37(27)31-23(15)24-16(13)20-22-18(14)26-25(17)33(39)43-44-34(26)40-30(22)36-28(20)38-32(24)42-41(31)51(45)59-60-52(42)46(38)56-50(36)58-48(40)54(44)66(65(69)53(43)47)70(72)64(58)62(56)68(60)71(72,73)67(59)61(55)63/h2-5,11H,6-9H2,1H3/t11-,71?,72?/m0/s1.